The molecule has 0 aromatic heterocycles. The second kappa shape index (κ2) is 7.63. The second-order valence-corrected chi connectivity index (χ2v) is 8.04. The molecule has 136 valence electrons. The Bertz CT molecular complexity index is 985. The molecule has 1 saturated heterocycles. The number of thioether (sulfide) groups is 1. The van der Waals surface area contributed by atoms with Crippen molar-refractivity contribution in [3.8, 4) is 0 Å². The van der Waals surface area contributed by atoms with Crippen LogP contribution in [-0.2, 0) is 4.79 Å². The van der Waals surface area contributed by atoms with Crippen molar-refractivity contribution >= 4 is 73.8 Å². The molecule has 2 N–H and O–H groups in total. The zero-order valence-electron chi connectivity index (χ0n) is 13.4. The molecule has 2 aromatic rings. The van der Waals surface area contributed by atoms with E-state index in [4.69, 9.17) is 12.2 Å². The fourth-order valence-electron chi connectivity index (χ4n) is 2.39. The summed E-state index contributed by atoms with van der Waals surface area (Å²) < 4.78 is 1.10. The highest BCUT2D eigenvalue weighted by atomic mass is 79.9. The number of carbonyl (C=O) groups is 3. The normalized spacial score (nSPS) is 15.4. The number of carboxylic acids is 2. The number of nitrogens with zero attached hydrogens (tertiary/aromatic N) is 1. The van der Waals surface area contributed by atoms with Crippen LogP contribution < -0.4 is 4.90 Å². The summed E-state index contributed by atoms with van der Waals surface area (Å²) in [5.41, 5.74) is 0.421. The van der Waals surface area contributed by atoms with E-state index in [-0.39, 0.29) is 21.1 Å². The van der Waals surface area contributed by atoms with Crippen molar-refractivity contribution in [2.24, 2.45) is 0 Å². The summed E-state index contributed by atoms with van der Waals surface area (Å²) in [7, 11) is 0. The lowest BCUT2D eigenvalue weighted by molar-refractivity contribution is -0.113. The molecule has 1 heterocycles. The third-order valence-corrected chi connectivity index (χ3v) is 5.46. The number of benzene rings is 2. The minimum absolute atomic E-state index is 0.106. The molecule has 1 aliphatic rings. The Hall–Kier alpha value is -2.49. The van der Waals surface area contributed by atoms with Crippen LogP contribution in [0.2, 0.25) is 0 Å². The molecule has 0 bridgehead atoms. The first-order valence-electron chi connectivity index (χ1n) is 7.41. The summed E-state index contributed by atoms with van der Waals surface area (Å²) in [6, 6.07) is 10.8. The molecule has 1 aliphatic heterocycles. The van der Waals surface area contributed by atoms with Crippen LogP contribution in [0.5, 0.6) is 0 Å². The van der Waals surface area contributed by atoms with E-state index in [0.717, 1.165) is 32.8 Å². The van der Waals surface area contributed by atoms with Gasteiger partial charge in [-0.2, -0.15) is 0 Å². The van der Waals surface area contributed by atoms with Gasteiger partial charge in [0.15, 0.2) is 4.32 Å². The lowest BCUT2D eigenvalue weighted by atomic mass is 10.1. The molecule has 0 saturated carbocycles. The van der Waals surface area contributed by atoms with Crippen molar-refractivity contribution in [1.29, 1.82) is 0 Å². The van der Waals surface area contributed by atoms with Gasteiger partial charge in [0.05, 0.1) is 21.7 Å². The van der Waals surface area contributed by atoms with Gasteiger partial charge in [0.2, 0.25) is 0 Å². The number of rotatable bonds is 4. The van der Waals surface area contributed by atoms with E-state index in [2.05, 4.69) is 15.9 Å². The monoisotopic (exact) mass is 463 g/mol. The van der Waals surface area contributed by atoms with Crippen LogP contribution in [0.15, 0.2) is 51.8 Å². The maximum Gasteiger partial charge on any atom is 0.335 e. The van der Waals surface area contributed by atoms with Gasteiger partial charge in [-0.25, -0.2) is 9.59 Å². The van der Waals surface area contributed by atoms with E-state index < -0.39 is 17.8 Å². The van der Waals surface area contributed by atoms with Gasteiger partial charge < -0.3 is 10.2 Å². The highest BCUT2D eigenvalue weighted by Gasteiger charge is 2.34. The van der Waals surface area contributed by atoms with E-state index in [1.54, 1.807) is 6.08 Å². The summed E-state index contributed by atoms with van der Waals surface area (Å²) in [6.07, 6.45) is 1.67. The van der Waals surface area contributed by atoms with Crippen molar-refractivity contribution in [1.82, 2.24) is 0 Å². The van der Waals surface area contributed by atoms with Gasteiger partial charge in [0, 0.05) is 4.47 Å². The van der Waals surface area contributed by atoms with Gasteiger partial charge in [-0.15, -0.1) is 0 Å². The second-order valence-electron chi connectivity index (χ2n) is 5.45. The van der Waals surface area contributed by atoms with Crippen LogP contribution in [0.3, 0.4) is 0 Å². The largest absolute Gasteiger partial charge is 0.478 e. The topological polar surface area (TPSA) is 94.9 Å². The van der Waals surface area contributed by atoms with E-state index >= 15 is 0 Å². The first kappa shape index (κ1) is 19.3. The van der Waals surface area contributed by atoms with E-state index in [9.17, 15) is 24.6 Å². The van der Waals surface area contributed by atoms with Crippen molar-refractivity contribution in [2.75, 3.05) is 4.90 Å². The molecule has 27 heavy (non-hydrogen) atoms. The summed E-state index contributed by atoms with van der Waals surface area (Å²) >= 11 is 9.66. The zero-order chi connectivity index (χ0) is 19.7. The predicted molar refractivity (Wildman–Crippen MR) is 110 cm³/mol. The van der Waals surface area contributed by atoms with Crippen molar-refractivity contribution in [2.45, 2.75) is 0 Å². The van der Waals surface area contributed by atoms with Crippen molar-refractivity contribution in [3.63, 3.8) is 0 Å². The number of anilines is 1. The summed E-state index contributed by atoms with van der Waals surface area (Å²) in [4.78, 5) is 36.9. The maximum atomic E-state index is 12.8. The molecule has 0 radical (unpaired) electrons. The average molecular weight is 464 g/mol. The van der Waals surface area contributed by atoms with Crippen LogP contribution in [0.25, 0.3) is 6.08 Å². The molecular formula is C18H10BrNO5S2. The van der Waals surface area contributed by atoms with Crippen LogP contribution in [0, 0.1) is 0 Å². The number of aromatic carboxylic acids is 2. The van der Waals surface area contributed by atoms with Gasteiger partial charge in [0.1, 0.15) is 0 Å². The molecule has 1 fully saturated rings. The highest BCUT2D eigenvalue weighted by Crippen LogP contribution is 2.36. The van der Waals surface area contributed by atoms with Crippen LogP contribution in [0.1, 0.15) is 26.3 Å². The average Bonchev–Trinajstić information content (AvgIpc) is 2.90. The number of hydrogen-bond acceptors (Lipinski definition) is 5. The van der Waals surface area contributed by atoms with E-state index in [1.807, 2.05) is 24.3 Å². The Morgan fingerprint density at radius 2 is 1.59 bits per heavy atom. The summed E-state index contributed by atoms with van der Waals surface area (Å²) in [5, 5.41) is 18.4. The SMILES string of the molecule is O=C(O)c1cc(C(=O)O)cc(N2C(=O)/C(=C/c3ccc(Br)cc3)SC2=S)c1. The van der Waals surface area contributed by atoms with Gasteiger partial charge in [-0.1, -0.05) is 52.0 Å². The fraction of sp³-hybridized carbons (Fsp3) is 0. The molecule has 3 rings (SSSR count). The molecule has 1 amide bonds. The standard InChI is InChI=1S/C18H10BrNO5S2/c19-12-3-1-9(2-4-12)5-14-15(21)20(18(26)27-14)13-7-10(16(22)23)6-11(8-13)17(24)25/h1-8H,(H,22,23)(H,24,25)/b14-5-. The van der Waals surface area contributed by atoms with Gasteiger partial charge >= 0.3 is 11.9 Å². The number of amides is 1. The number of carboxylic acid groups (broad SMARTS) is 2. The Kier molecular flexibility index (Phi) is 5.45. The molecule has 0 atom stereocenters. The van der Waals surface area contributed by atoms with Gasteiger partial charge in [0.25, 0.3) is 5.91 Å². The lowest BCUT2D eigenvalue weighted by Gasteiger charge is -2.16. The molecule has 0 spiro atoms. The van der Waals surface area contributed by atoms with Gasteiger partial charge in [-0.05, 0) is 42.0 Å². The third kappa shape index (κ3) is 4.10. The Morgan fingerprint density at radius 3 is 2.11 bits per heavy atom. The number of hydrogen-bond donors (Lipinski definition) is 2. The Morgan fingerprint density at radius 1 is 1.04 bits per heavy atom. The van der Waals surface area contributed by atoms with Gasteiger partial charge in [-0.3, -0.25) is 9.69 Å². The molecule has 0 aliphatic carbocycles. The zero-order valence-corrected chi connectivity index (χ0v) is 16.6. The van der Waals surface area contributed by atoms with Crippen LogP contribution in [0.4, 0.5) is 5.69 Å². The predicted octanol–water partition coefficient (Wildman–Crippen LogP) is 4.25. The minimum atomic E-state index is -1.30. The van der Waals surface area contributed by atoms with Crippen molar-refractivity contribution < 1.29 is 24.6 Å². The lowest BCUT2D eigenvalue weighted by Crippen LogP contribution is -2.28. The number of thiocarbonyl (C=S) groups is 1. The first-order chi connectivity index (χ1) is 12.8. The molecular weight excluding hydrogens is 454 g/mol. The third-order valence-electron chi connectivity index (χ3n) is 3.63. The van der Waals surface area contributed by atoms with E-state index in [0.29, 0.717) is 4.91 Å². The minimum Gasteiger partial charge on any atom is -0.478 e. The summed E-state index contributed by atoms with van der Waals surface area (Å²) in [5.74, 6) is -3.03. The number of halogens is 1. The quantitative estimate of drug-likeness (QED) is 0.516. The Labute approximate surface area is 171 Å². The van der Waals surface area contributed by atoms with Crippen LogP contribution >= 0.6 is 39.9 Å². The molecule has 9 heteroatoms. The number of carbonyl (C=O) groups excluding carboxylic acids is 1. The maximum absolute atomic E-state index is 12.8. The van der Waals surface area contributed by atoms with Crippen LogP contribution in [-0.4, -0.2) is 32.4 Å². The summed E-state index contributed by atoms with van der Waals surface area (Å²) in [6.45, 7) is 0. The first-order valence-corrected chi connectivity index (χ1v) is 9.43. The fourth-order valence-corrected chi connectivity index (χ4v) is 3.95. The Balaban J connectivity index is 2.01. The highest BCUT2D eigenvalue weighted by molar-refractivity contribution is 9.10. The molecule has 2 aromatic carbocycles. The van der Waals surface area contributed by atoms with E-state index in [1.165, 1.54) is 12.1 Å². The molecule has 6 nitrogen and oxygen atoms in total. The molecule has 0 unspecified atom stereocenters. The smallest absolute Gasteiger partial charge is 0.335 e. The van der Waals surface area contributed by atoms with Crippen molar-refractivity contribution in [3.05, 3.63) is 68.5 Å².